The van der Waals surface area contributed by atoms with Gasteiger partial charge in [0.2, 0.25) is 11.8 Å². The molecule has 1 N–H and O–H groups in total. The molecule has 14 heavy (non-hydrogen) atoms. The third kappa shape index (κ3) is 3.44. The molecule has 0 bridgehead atoms. The summed E-state index contributed by atoms with van der Waals surface area (Å²) in [5.41, 5.74) is 0. The van der Waals surface area contributed by atoms with Gasteiger partial charge in [-0.25, -0.2) is 8.78 Å². The van der Waals surface area contributed by atoms with Crippen LogP contribution in [0, 0.1) is 5.92 Å². The summed E-state index contributed by atoms with van der Waals surface area (Å²) < 4.78 is 25.9. The van der Waals surface area contributed by atoms with E-state index in [0.717, 1.165) is 12.5 Å². The van der Waals surface area contributed by atoms with E-state index in [-0.39, 0.29) is 24.7 Å². The predicted molar refractivity (Wildman–Crippen MR) is 50.1 cm³/mol. The lowest BCUT2D eigenvalue weighted by Crippen LogP contribution is -2.34. The molecule has 0 aromatic heterocycles. The summed E-state index contributed by atoms with van der Waals surface area (Å²) in [6.07, 6.45) is 2.35. The zero-order chi connectivity index (χ0) is 10.6. The highest BCUT2D eigenvalue weighted by Gasteiger charge is 2.35. The Balaban J connectivity index is 2.31. The quantitative estimate of drug-likeness (QED) is 0.699. The Morgan fingerprint density at radius 1 is 1.64 bits per heavy atom. The lowest BCUT2D eigenvalue weighted by Gasteiger charge is -2.28. The monoisotopic (exact) mass is 203 g/mol. The molecule has 1 unspecified atom stereocenters. The molecule has 1 fully saturated rings. The van der Waals surface area contributed by atoms with Crippen molar-refractivity contribution in [3.8, 4) is 0 Å². The molecule has 0 aromatic carbocycles. The lowest BCUT2D eigenvalue weighted by molar-refractivity contribution is -0.117. The van der Waals surface area contributed by atoms with Crippen molar-refractivity contribution in [2.45, 2.75) is 31.6 Å². The van der Waals surface area contributed by atoms with Crippen LogP contribution in [-0.2, 0) is 4.79 Å². The molecule has 0 heterocycles. The number of nitrogens with one attached hydrogen (secondary N) is 1. The first kappa shape index (κ1) is 11.1. The Hall–Kier alpha value is -0.930. The molecule has 2 nitrogen and oxygen atoms in total. The van der Waals surface area contributed by atoms with Crippen LogP contribution in [-0.4, -0.2) is 18.4 Å². The number of hydrogen-bond acceptors (Lipinski definition) is 1. The topological polar surface area (TPSA) is 29.1 Å². The van der Waals surface area contributed by atoms with Crippen LogP contribution in [0.15, 0.2) is 12.7 Å². The number of alkyl halides is 2. The second-order valence-electron chi connectivity index (χ2n) is 3.77. The van der Waals surface area contributed by atoms with Crippen molar-refractivity contribution in [3.63, 3.8) is 0 Å². The SMILES string of the molecule is C=CC(=O)NCC1CCCC(F)(F)C1. The van der Waals surface area contributed by atoms with Crippen molar-refractivity contribution < 1.29 is 13.6 Å². The van der Waals surface area contributed by atoms with Gasteiger partial charge in [0.25, 0.3) is 0 Å². The van der Waals surface area contributed by atoms with Gasteiger partial charge < -0.3 is 5.32 Å². The average molecular weight is 203 g/mol. The average Bonchev–Trinajstić information content (AvgIpc) is 2.12. The van der Waals surface area contributed by atoms with Crippen molar-refractivity contribution in [3.05, 3.63) is 12.7 Å². The summed E-state index contributed by atoms with van der Waals surface area (Å²) in [4.78, 5) is 10.8. The minimum atomic E-state index is -2.54. The molecular formula is C10H15F2NO. The normalized spacial score (nSPS) is 25.4. The van der Waals surface area contributed by atoms with E-state index < -0.39 is 5.92 Å². The largest absolute Gasteiger partial charge is 0.352 e. The third-order valence-corrected chi connectivity index (χ3v) is 2.49. The molecular weight excluding hydrogens is 188 g/mol. The molecule has 0 radical (unpaired) electrons. The Morgan fingerprint density at radius 3 is 2.93 bits per heavy atom. The first-order valence-corrected chi connectivity index (χ1v) is 4.81. The summed E-state index contributed by atoms with van der Waals surface area (Å²) in [7, 11) is 0. The molecule has 0 aliphatic heterocycles. The van der Waals surface area contributed by atoms with Gasteiger partial charge in [-0.05, 0) is 24.8 Å². The van der Waals surface area contributed by atoms with Crippen molar-refractivity contribution in [1.82, 2.24) is 5.32 Å². The highest BCUT2D eigenvalue weighted by Crippen LogP contribution is 2.36. The number of carbonyl (C=O) groups is 1. The van der Waals surface area contributed by atoms with Crippen LogP contribution in [0.25, 0.3) is 0 Å². The fourth-order valence-corrected chi connectivity index (χ4v) is 1.77. The van der Waals surface area contributed by atoms with Crippen molar-refractivity contribution in [2.75, 3.05) is 6.54 Å². The molecule has 80 valence electrons. The molecule has 0 spiro atoms. The maximum absolute atomic E-state index is 12.9. The summed E-state index contributed by atoms with van der Waals surface area (Å²) in [6.45, 7) is 3.63. The summed E-state index contributed by atoms with van der Waals surface area (Å²) in [5.74, 6) is -2.93. The van der Waals surface area contributed by atoms with Crippen LogP contribution < -0.4 is 5.32 Å². The van der Waals surface area contributed by atoms with E-state index in [9.17, 15) is 13.6 Å². The van der Waals surface area contributed by atoms with Crippen molar-refractivity contribution in [2.24, 2.45) is 5.92 Å². The van der Waals surface area contributed by atoms with Gasteiger partial charge in [0.1, 0.15) is 0 Å². The molecule has 4 heteroatoms. The Labute approximate surface area is 82.4 Å². The van der Waals surface area contributed by atoms with Gasteiger partial charge in [-0.15, -0.1) is 0 Å². The van der Waals surface area contributed by atoms with E-state index >= 15 is 0 Å². The number of rotatable bonds is 3. The van der Waals surface area contributed by atoms with Gasteiger partial charge >= 0.3 is 0 Å². The zero-order valence-electron chi connectivity index (χ0n) is 8.06. The van der Waals surface area contributed by atoms with E-state index in [0.29, 0.717) is 13.0 Å². The number of amides is 1. The maximum atomic E-state index is 12.9. The van der Waals surface area contributed by atoms with Crippen LogP contribution in [0.3, 0.4) is 0 Å². The van der Waals surface area contributed by atoms with Crippen LogP contribution >= 0.6 is 0 Å². The third-order valence-electron chi connectivity index (χ3n) is 2.49. The molecule has 1 aliphatic carbocycles. The first-order chi connectivity index (χ1) is 6.53. The van der Waals surface area contributed by atoms with Gasteiger partial charge in [-0.1, -0.05) is 6.58 Å². The summed E-state index contributed by atoms with van der Waals surface area (Å²) in [5, 5.41) is 2.55. The van der Waals surface area contributed by atoms with Crippen LogP contribution in [0.4, 0.5) is 8.78 Å². The smallest absolute Gasteiger partial charge is 0.248 e. The Morgan fingerprint density at radius 2 is 2.36 bits per heavy atom. The fourth-order valence-electron chi connectivity index (χ4n) is 1.77. The second kappa shape index (κ2) is 4.53. The fraction of sp³-hybridized carbons (Fsp3) is 0.700. The Bertz CT molecular complexity index is 228. The van der Waals surface area contributed by atoms with E-state index in [4.69, 9.17) is 0 Å². The lowest BCUT2D eigenvalue weighted by atomic mass is 9.86. The van der Waals surface area contributed by atoms with Gasteiger partial charge in [-0.3, -0.25) is 4.79 Å². The minimum absolute atomic E-state index is 0.0150. The van der Waals surface area contributed by atoms with Gasteiger partial charge in [0.05, 0.1) is 0 Å². The first-order valence-electron chi connectivity index (χ1n) is 4.81. The van der Waals surface area contributed by atoms with E-state index in [1.807, 2.05) is 0 Å². The number of hydrogen-bond donors (Lipinski definition) is 1. The van der Waals surface area contributed by atoms with Crippen LogP contribution in [0.1, 0.15) is 25.7 Å². The number of carbonyl (C=O) groups excluding carboxylic acids is 1. The summed E-state index contributed by atoms with van der Waals surface area (Å²) in [6, 6.07) is 0. The molecule has 1 amide bonds. The zero-order valence-corrected chi connectivity index (χ0v) is 8.06. The standard InChI is InChI=1S/C10H15F2NO/c1-2-9(14)13-7-8-4-3-5-10(11,12)6-8/h2,8H,1,3-7H2,(H,13,14). The molecule has 0 aromatic rings. The van der Waals surface area contributed by atoms with E-state index in [2.05, 4.69) is 11.9 Å². The summed E-state index contributed by atoms with van der Waals surface area (Å²) >= 11 is 0. The molecule has 1 rings (SSSR count). The highest BCUT2D eigenvalue weighted by atomic mass is 19.3. The molecule has 1 aliphatic rings. The van der Waals surface area contributed by atoms with Crippen molar-refractivity contribution >= 4 is 5.91 Å². The van der Waals surface area contributed by atoms with Crippen LogP contribution in [0.2, 0.25) is 0 Å². The molecule has 0 saturated heterocycles. The predicted octanol–water partition coefficient (Wildman–Crippen LogP) is 2.11. The maximum Gasteiger partial charge on any atom is 0.248 e. The van der Waals surface area contributed by atoms with E-state index in [1.54, 1.807) is 0 Å². The van der Waals surface area contributed by atoms with Crippen LogP contribution in [0.5, 0.6) is 0 Å². The van der Waals surface area contributed by atoms with E-state index in [1.165, 1.54) is 0 Å². The van der Waals surface area contributed by atoms with Gasteiger partial charge in [-0.2, -0.15) is 0 Å². The van der Waals surface area contributed by atoms with Gasteiger partial charge in [0, 0.05) is 19.4 Å². The number of halogens is 2. The highest BCUT2D eigenvalue weighted by molar-refractivity contribution is 5.86. The molecule has 1 saturated carbocycles. The van der Waals surface area contributed by atoms with Gasteiger partial charge in [0.15, 0.2) is 0 Å². The Kier molecular flexibility index (Phi) is 3.61. The molecule has 1 atom stereocenters. The minimum Gasteiger partial charge on any atom is -0.352 e. The van der Waals surface area contributed by atoms with Crippen molar-refractivity contribution in [1.29, 1.82) is 0 Å². The second-order valence-corrected chi connectivity index (χ2v) is 3.77.